The average molecular weight is 1350 g/mol. The number of phosphoric acid groups is 2. The third-order valence-corrected chi connectivity index (χ3v) is 19.0. The highest BCUT2D eigenvalue weighted by atomic mass is 31.2. The summed E-state index contributed by atoms with van der Waals surface area (Å²) in [6.45, 7) is 4.82. The molecule has 546 valence electrons. The molecule has 0 radical (unpaired) electrons. The zero-order valence-corrected chi connectivity index (χ0v) is 61.3. The number of esters is 4. The van der Waals surface area contributed by atoms with Crippen LogP contribution in [-0.2, 0) is 65.4 Å². The van der Waals surface area contributed by atoms with Gasteiger partial charge in [-0.05, 0) is 25.7 Å². The van der Waals surface area contributed by atoms with Crippen LogP contribution in [0.4, 0.5) is 0 Å². The highest BCUT2D eigenvalue weighted by Gasteiger charge is 2.30. The summed E-state index contributed by atoms with van der Waals surface area (Å²) in [6.07, 6.45) is 57.8. The normalized spacial score (nSPS) is 13.9. The van der Waals surface area contributed by atoms with E-state index in [-0.39, 0.29) is 25.7 Å². The highest BCUT2D eigenvalue weighted by Crippen LogP contribution is 2.45. The first kappa shape index (κ1) is 90.1. The monoisotopic (exact) mass is 1350 g/mol. The summed E-state index contributed by atoms with van der Waals surface area (Å²) < 4.78 is 68.0. The standard InChI is InChI=1S/C73H142O17P2/c1-5-9-13-17-20-22-24-26-28-30-32-33-35-37-39-41-43-45-48-52-56-60-73(78)90-69(64-84-71(76)58-54-50-47-44-42-40-38-36-34-31-29-27-25-23-21-18-14-10-6-2)66-88-92(81,82)86-62-67(74)61-85-91(79,80)87-65-68(63-83-70(75)57-53-49-16-12-8-4)89-72(77)59-55-51-46-19-15-11-7-3/h67-69,74H,5-66H2,1-4H3,(H,79,80)(H,81,82)/t67-,68+,69+/m0/s1. The van der Waals surface area contributed by atoms with E-state index in [2.05, 4.69) is 27.7 Å². The van der Waals surface area contributed by atoms with Gasteiger partial charge in [-0.1, -0.05) is 336 Å². The molecule has 0 aliphatic carbocycles. The molecule has 0 aromatic rings. The molecule has 0 spiro atoms. The van der Waals surface area contributed by atoms with Crippen LogP contribution in [0.25, 0.3) is 0 Å². The molecule has 0 aromatic heterocycles. The van der Waals surface area contributed by atoms with Gasteiger partial charge in [-0.25, -0.2) is 9.13 Å². The summed E-state index contributed by atoms with van der Waals surface area (Å²) in [4.78, 5) is 72.2. The molecule has 0 heterocycles. The van der Waals surface area contributed by atoms with E-state index in [0.29, 0.717) is 25.7 Å². The maximum Gasteiger partial charge on any atom is 0.472 e. The number of hydrogen-bond acceptors (Lipinski definition) is 15. The molecule has 19 heteroatoms. The SMILES string of the molecule is CCCCCCCCCCCCCCCCCCCCCCCC(=O)O[C@H](COC(=O)CCCCCCCCCCCCCCCCCCCCC)COP(=O)(O)OC[C@@H](O)COP(=O)(O)OC[C@@H](COC(=O)CCCCCCC)OC(=O)CCCCCCCCC. The fraction of sp³-hybridized carbons (Fsp3) is 0.945. The number of hydrogen-bond donors (Lipinski definition) is 3. The van der Waals surface area contributed by atoms with Gasteiger partial charge in [0.1, 0.15) is 19.3 Å². The lowest BCUT2D eigenvalue weighted by Crippen LogP contribution is -2.30. The van der Waals surface area contributed by atoms with Crippen LogP contribution in [0.15, 0.2) is 0 Å². The molecule has 92 heavy (non-hydrogen) atoms. The first-order valence-electron chi connectivity index (χ1n) is 38.3. The van der Waals surface area contributed by atoms with Gasteiger partial charge in [0, 0.05) is 25.7 Å². The van der Waals surface area contributed by atoms with Crippen LogP contribution >= 0.6 is 15.6 Å². The van der Waals surface area contributed by atoms with Crippen molar-refractivity contribution in [2.75, 3.05) is 39.6 Å². The van der Waals surface area contributed by atoms with Crippen LogP contribution in [0.5, 0.6) is 0 Å². The topological polar surface area (TPSA) is 237 Å². The van der Waals surface area contributed by atoms with Gasteiger partial charge < -0.3 is 33.8 Å². The van der Waals surface area contributed by atoms with E-state index >= 15 is 0 Å². The van der Waals surface area contributed by atoms with E-state index in [1.54, 1.807) is 0 Å². The molecule has 0 fully saturated rings. The van der Waals surface area contributed by atoms with Gasteiger partial charge in [-0.3, -0.25) is 37.3 Å². The Balaban J connectivity index is 5.06. The number of carbonyl (C=O) groups is 4. The number of unbranched alkanes of at least 4 members (excludes halogenated alkanes) is 48. The van der Waals surface area contributed by atoms with E-state index < -0.39 is 97.5 Å². The minimum atomic E-state index is -4.95. The Hall–Kier alpha value is -1.94. The van der Waals surface area contributed by atoms with Crippen molar-refractivity contribution in [3.63, 3.8) is 0 Å². The molecule has 0 aromatic carbocycles. The second-order valence-corrected chi connectivity index (χ2v) is 29.2. The first-order valence-corrected chi connectivity index (χ1v) is 41.3. The van der Waals surface area contributed by atoms with Crippen molar-refractivity contribution in [3.05, 3.63) is 0 Å². The quantitative estimate of drug-likeness (QED) is 0.0222. The Morgan fingerprint density at radius 2 is 0.435 bits per heavy atom. The van der Waals surface area contributed by atoms with Crippen molar-refractivity contribution in [2.24, 2.45) is 0 Å². The van der Waals surface area contributed by atoms with Crippen LogP contribution in [0.2, 0.25) is 0 Å². The Kier molecular flexibility index (Phi) is 66.2. The molecule has 17 nitrogen and oxygen atoms in total. The Labute approximate surface area is 562 Å². The molecule has 0 aliphatic rings. The minimum Gasteiger partial charge on any atom is -0.462 e. The van der Waals surface area contributed by atoms with Crippen LogP contribution in [-0.4, -0.2) is 96.7 Å². The Morgan fingerprint density at radius 1 is 0.261 bits per heavy atom. The minimum absolute atomic E-state index is 0.103. The predicted octanol–water partition coefficient (Wildman–Crippen LogP) is 21.4. The van der Waals surface area contributed by atoms with Crippen molar-refractivity contribution in [1.82, 2.24) is 0 Å². The number of aliphatic hydroxyl groups is 1. The van der Waals surface area contributed by atoms with Crippen molar-refractivity contribution in [2.45, 2.75) is 406 Å². The predicted molar refractivity (Wildman–Crippen MR) is 372 cm³/mol. The van der Waals surface area contributed by atoms with Gasteiger partial charge in [0.2, 0.25) is 0 Å². The zero-order valence-electron chi connectivity index (χ0n) is 59.5. The summed E-state index contributed by atoms with van der Waals surface area (Å²) in [6, 6.07) is 0. The van der Waals surface area contributed by atoms with E-state index in [9.17, 15) is 43.2 Å². The van der Waals surface area contributed by atoms with E-state index in [1.165, 1.54) is 199 Å². The van der Waals surface area contributed by atoms with E-state index in [0.717, 1.165) is 109 Å². The van der Waals surface area contributed by atoms with Crippen LogP contribution in [0, 0.1) is 0 Å². The Morgan fingerprint density at radius 3 is 0.641 bits per heavy atom. The van der Waals surface area contributed by atoms with Gasteiger partial charge in [-0.15, -0.1) is 0 Å². The smallest absolute Gasteiger partial charge is 0.462 e. The summed E-state index contributed by atoms with van der Waals surface area (Å²) in [5.74, 6) is -2.14. The van der Waals surface area contributed by atoms with Crippen molar-refractivity contribution in [1.29, 1.82) is 0 Å². The second kappa shape index (κ2) is 67.6. The molecule has 0 aliphatic heterocycles. The summed E-state index contributed by atoms with van der Waals surface area (Å²) in [7, 11) is -9.88. The molecule has 5 atom stereocenters. The van der Waals surface area contributed by atoms with E-state index in [4.69, 9.17) is 37.0 Å². The number of aliphatic hydroxyl groups excluding tert-OH is 1. The number of carbonyl (C=O) groups excluding carboxylic acids is 4. The maximum atomic E-state index is 13.1. The number of rotatable bonds is 74. The molecule has 0 saturated heterocycles. The molecule has 0 bridgehead atoms. The van der Waals surface area contributed by atoms with Gasteiger partial charge in [0.15, 0.2) is 12.2 Å². The zero-order chi connectivity index (χ0) is 67.5. The molecule has 0 saturated carbocycles. The second-order valence-electron chi connectivity index (χ2n) is 26.3. The molecular weight excluding hydrogens is 1210 g/mol. The van der Waals surface area contributed by atoms with Crippen molar-refractivity contribution < 1.29 is 80.2 Å². The molecular formula is C73H142O17P2. The summed E-state index contributed by atoms with van der Waals surface area (Å²) in [5.41, 5.74) is 0. The largest absolute Gasteiger partial charge is 0.472 e. The van der Waals surface area contributed by atoms with Gasteiger partial charge in [0.05, 0.1) is 26.4 Å². The number of ether oxygens (including phenoxy) is 4. The highest BCUT2D eigenvalue weighted by molar-refractivity contribution is 7.47. The summed E-state index contributed by atoms with van der Waals surface area (Å²) >= 11 is 0. The average Bonchev–Trinajstić information content (AvgIpc) is 2.08. The maximum absolute atomic E-state index is 13.1. The Bertz CT molecular complexity index is 1760. The first-order chi connectivity index (χ1) is 44.7. The lowest BCUT2D eigenvalue weighted by atomic mass is 10.0. The summed E-state index contributed by atoms with van der Waals surface area (Å²) in [5, 5.41) is 10.5. The molecule has 0 rings (SSSR count). The van der Waals surface area contributed by atoms with Gasteiger partial charge in [-0.2, -0.15) is 0 Å². The van der Waals surface area contributed by atoms with Gasteiger partial charge in [0.25, 0.3) is 0 Å². The van der Waals surface area contributed by atoms with Crippen LogP contribution in [0.3, 0.4) is 0 Å². The molecule has 0 amide bonds. The fourth-order valence-electron chi connectivity index (χ4n) is 11.2. The van der Waals surface area contributed by atoms with Gasteiger partial charge >= 0.3 is 39.5 Å². The third kappa shape index (κ3) is 66.7. The van der Waals surface area contributed by atoms with Crippen LogP contribution in [0.1, 0.15) is 387 Å². The fourth-order valence-corrected chi connectivity index (χ4v) is 12.8. The third-order valence-electron chi connectivity index (χ3n) is 17.1. The van der Waals surface area contributed by atoms with Crippen LogP contribution < -0.4 is 0 Å². The number of phosphoric ester groups is 2. The lowest BCUT2D eigenvalue weighted by Gasteiger charge is -2.21. The van der Waals surface area contributed by atoms with Crippen molar-refractivity contribution >= 4 is 39.5 Å². The molecule has 2 unspecified atom stereocenters. The molecule has 3 N–H and O–H groups in total. The van der Waals surface area contributed by atoms with E-state index in [1.807, 2.05) is 0 Å². The van der Waals surface area contributed by atoms with Crippen molar-refractivity contribution in [3.8, 4) is 0 Å². The lowest BCUT2D eigenvalue weighted by molar-refractivity contribution is -0.161.